The van der Waals surface area contributed by atoms with Gasteiger partial charge in [-0.25, -0.2) is 0 Å². The molecule has 2 aliphatic rings. The number of piperazine rings is 1. The minimum absolute atomic E-state index is 0.143. The van der Waals surface area contributed by atoms with E-state index >= 15 is 0 Å². The fourth-order valence-corrected chi connectivity index (χ4v) is 3.97. The molecule has 26 heavy (non-hydrogen) atoms. The highest BCUT2D eigenvalue weighted by atomic mass is 16.2. The lowest BCUT2D eigenvalue weighted by atomic mass is 10.1. The van der Waals surface area contributed by atoms with Gasteiger partial charge >= 0.3 is 0 Å². The molecule has 1 heterocycles. The first-order valence-corrected chi connectivity index (χ1v) is 9.30. The van der Waals surface area contributed by atoms with Crippen LogP contribution in [0, 0.1) is 17.2 Å². The fourth-order valence-electron chi connectivity index (χ4n) is 3.97. The average Bonchev–Trinajstić information content (AvgIpc) is 3.51. The number of carbonyl (C=O) groups is 1. The number of nitrogens with zero attached hydrogens (tertiary/aromatic N) is 3. The molecule has 0 unspecified atom stereocenters. The second kappa shape index (κ2) is 7.31. The van der Waals surface area contributed by atoms with Gasteiger partial charge in [-0.05, 0) is 23.5 Å². The molecule has 0 aromatic heterocycles. The van der Waals surface area contributed by atoms with Gasteiger partial charge < -0.3 is 4.90 Å². The van der Waals surface area contributed by atoms with Gasteiger partial charge in [-0.1, -0.05) is 60.7 Å². The van der Waals surface area contributed by atoms with Gasteiger partial charge in [-0.3, -0.25) is 9.69 Å². The third-order valence-corrected chi connectivity index (χ3v) is 5.56. The quantitative estimate of drug-likeness (QED) is 0.855. The van der Waals surface area contributed by atoms with Crippen LogP contribution in [0.3, 0.4) is 0 Å². The van der Waals surface area contributed by atoms with Crippen molar-refractivity contribution in [2.45, 2.75) is 18.4 Å². The zero-order valence-electron chi connectivity index (χ0n) is 14.8. The van der Waals surface area contributed by atoms with Crippen LogP contribution >= 0.6 is 0 Å². The van der Waals surface area contributed by atoms with Crippen molar-refractivity contribution in [2.75, 3.05) is 26.2 Å². The van der Waals surface area contributed by atoms with E-state index in [1.165, 1.54) is 5.56 Å². The predicted molar refractivity (Wildman–Crippen MR) is 100 cm³/mol. The summed E-state index contributed by atoms with van der Waals surface area (Å²) < 4.78 is 0. The smallest absolute Gasteiger partial charge is 0.226 e. The van der Waals surface area contributed by atoms with E-state index < -0.39 is 0 Å². The van der Waals surface area contributed by atoms with Crippen LogP contribution < -0.4 is 0 Å². The van der Waals surface area contributed by atoms with Crippen LogP contribution in [0.15, 0.2) is 60.7 Å². The Kier molecular flexibility index (Phi) is 4.73. The van der Waals surface area contributed by atoms with Crippen LogP contribution in [0.2, 0.25) is 0 Å². The van der Waals surface area contributed by atoms with E-state index in [2.05, 4.69) is 23.1 Å². The summed E-state index contributed by atoms with van der Waals surface area (Å²) in [5.41, 5.74) is 2.30. The Morgan fingerprint density at radius 1 is 0.962 bits per heavy atom. The summed E-state index contributed by atoms with van der Waals surface area (Å²) in [7, 11) is 0. The third-order valence-electron chi connectivity index (χ3n) is 5.56. The second-order valence-electron chi connectivity index (χ2n) is 7.16. The Morgan fingerprint density at radius 2 is 1.58 bits per heavy atom. The number of benzene rings is 2. The molecule has 1 aliphatic carbocycles. The van der Waals surface area contributed by atoms with Crippen LogP contribution in [0.4, 0.5) is 0 Å². The first-order valence-electron chi connectivity index (χ1n) is 9.30. The van der Waals surface area contributed by atoms with Gasteiger partial charge in [0.25, 0.3) is 0 Å². The fraction of sp³-hybridized carbons (Fsp3) is 0.364. The predicted octanol–water partition coefficient (Wildman–Crippen LogP) is 3.20. The van der Waals surface area contributed by atoms with Gasteiger partial charge in [0.15, 0.2) is 0 Å². The molecule has 3 atom stereocenters. The van der Waals surface area contributed by atoms with E-state index in [1.807, 2.05) is 53.4 Å². The molecule has 4 heteroatoms. The van der Waals surface area contributed by atoms with Gasteiger partial charge in [0, 0.05) is 32.1 Å². The first-order chi connectivity index (χ1) is 12.8. The molecule has 0 spiro atoms. The molecule has 2 fully saturated rings. The highest BCUT2D eigenvalue weighted by Gasteiger charge is 2.46. The van der Waals surface area contributed by atoms with E-state index in [1.54, 1.807) is 0 Å². The molecule has 0 N–H and O–H groups in total. The van der Waals surface area contributed by atoms with E-state index in [0.717, 1.165) is 25.1 Å². The van der Waals surface area contributed by atoms with E-state index in [9.17, 15) is 10.1 Å². The van der Waals surface area contributed by atoms with Crippen molar-refractivity contribution < 1.29 is 4.79 Å². The summed E-state index contributed by atoms with van der Waals surface area (Å²) in [5.74, 6) is 0.814. The Bertz CT molecular complexity index is 791. The number of carbonyl (C=O) groups excluding carboxylic acids is 1. The number of hydrogen-bond donors (Lipinski definition) is 0. The lowest BCUT2D eigenvalue weighted by Gasteiger charge is -2.37. The molecule has 0 radical (unpaired) electrons. The van der Waals surface area contributed by atoms with E-state index in [-0.39, 0.29) is 17.9 Å². The minimum Gasteiger partial charge on any atom is -0.340 e. The van der Waals surface area contributed by atoms with Crippen LogP contribution in [0.5, 0.6) is 0 Å². The molecule has 1 amide bonds. The molecule has 1 saturated heterocycles. The van der Waals surface area contributed by atoms with Crippen LogP contribution in [0.25, 0.3) is 0 Å². The number of amides is 1. The highest BCUT2D eigenvalue weighted by molar-refractivity contribution is 5.83. The third kappa shape index (κ3) is 3.36. The summed E-state index contributed by atoms with van der Waals surface area (Å²) in [5, 5.41) is 9.59. The lowest BCUT2D eigenvalue weighted by Crippen LogP contribution is -2.50. The monoisotopic (exact) mass is 345 g/mol. The Balaban J connectivity index is 1.34. The molecular weight excluding hydrogens is 322 g/mol. The maximum atomic E-state index is 12.8. The van der Waals surface area contributed by atoms with Crippen molar-refractivity contribution in [3.8, 4) is 6.07 Å². The second-order valence-corrected chi connectivity index (χ2v) is 7.16. The number of nitriles is 1. The van der Waals surface area contributed by atoms with Gasteiger partial charge in [0.2, 0.25) is 5.91 Å². The van der Waals surface area contributed by atoms with Crippen molar-refractivity contribution in [3.05, 3.63) is 71.8 Å². The number of rotatable bonds is 4. The maximum absolute atomic E-state index is 12.8. The molecule has 2 aromatic carbocycles. The molecule has 132 valence electrons. The Morgan fingerprint density at radius 3 is 2.19 bits per heavy atom. The van der Waals surface area contributed by atoms with Crippen LogP contribution in [-0.4, -0.2) is 41.9 Å². The molecule has 2 aromatic rings. The largest absolute Gasteiger partial charge is 0.340 e. The first kappa shape index (κ1) is 16.8. The van der Waals surface area contributed by atoms with Crippen molar-refractivity contribution in [3.63, 3.8) is 0 Å². The van der Waals surface area contributed by atoms with Gasteiger partial charge in [0.05, 0.1) is 6.07 Å². The standard InChI is InChI=1S/C22H23N3O/c23-16-21(18-9-5-2-6-10-18)24-11-13-25(14-12-24)22(26)20-15-19(20)17-7-3-1-4-8-17/h1-10,19-21H,11-15H2/t19-,20+,21+/m0/s1. The molecule has 1 saturated carbocycles. The van der Waals surface area contributed by atoms with Crippen molar-refractivity contribution in [2.24, 2.45) is 5.92 Å². The lowest BCUT2D eigenvalue weighted by molar-refractivity contribution is -0.134. The van der Waals surface area contributed by atoms with Gasteiger partial charge in [-0.15, -0.1) is 0 Å². The Hall–Kier alpha value is -2.64. The Labute approximate surface area is 154 Å². The maximum Gasteiger partial charge on any atom is 0.226 e. The highest BCUT2D eigenvalue weighted by Crippen LogP contribution is 2.48. The zero-order valence-corrected chi connectivity index (χ0v) is 14.8. The normalized spacial score (nSPS) is 23.9. The molecular formula is C22H23N3O. The molecule has 4 rings (SSSR count). The van der Waals surface area contributed by atoms with Gasteiger partial charge in [-0.2, -0.15) is 5.26 Å². The van der Waals surface area contributed by atoms with Crippen LogP contribution in [-0.2, 0) is 4.79 Å². The van der Waals surface area contributed by atoms with E-state index in [0.29, 0.717) is 19.0 Å². The zero-order chi connectivity index (χ0) is 17.9. The summed E-state index contributed by atoms with van der Waals surface area (Å²) in [6.07, 6.45) is 0.966. The van der Waals surface area contributed by atoms with Crippen molar-refractivity contribution >= 4 is 5.91 Å². The minimum atomic E-state index is -0.230. The van der Waals surface area contributed by atoms with Crippen LogP contribution in [0.1, 0.15) is 29.5 Å². The summed E-state index contributed by atoms with van der Waals surface area (Å²) in [4.78, 5) is 17.0. The molecule has 4 nitrogen and oxygen atoms in total. The summed E-state index contributed by atoms with van der Waals surface area (Å²) in [6.45, 7) is 2.92. The van der Waals surface area contributed by atoms with E-state index in [4.69, 9.17) is 0 Å². The topological polar surface area (TPSA) is 47.3 Å². The molecule has 1 aliphatic heterocycles. The molecule has 0 bridgehead atoms. The SMILES string of the molecule is N#C[C@H](c1ccccc1)N1CCN(C(=O)[C@@H]2C[C@H]2c2ccccc2)CC1. The van der Waals surface area contributed by atoms with Crippen molar-refractivity contribution in [1.82, 2.24) is 9.80 Å². The number of hydrogen-bond acceptors (Lipinski definition) is 3. The summed E-state index contributed by atoms with van der Waals surface area (Å²) >= 11 is 0. The average molecular weight is 345 g/mol. The summed E-state index contributed by atoms with van der Waals surface area (Å²) in [6, 6.07) is 22.4. The van der Waals surface area contributed by atoms with Gasteiger partial charge in [0.1, 0.15) is 6.04 Å². The van der Waals surface area contributed by atoms with Crippen molar-refractivity contribution in [1.29, 1.82) is 5.26 Å².